The highest BCUT2D eigenvalue weighted by atomic mass is 127. The van der Waals surface area contributed by atoms with E-state index in [9.17, 15) is 0 Å². The minimum absolute atomic E-state index is 0. The van der Waals surface area contributed by atoms with Crippen LogP contribution in [0.1, 0.15) is 43.2 Å². The zero-order valence-corrected chi connectivity index (χ0v) is 16.0. The third-order valence-corrected chi connectivity index (χ3v) is 3.69. The van der Waals surface area contributed by atoms with E-state index in [1.807, 2.05) is 13.8 Å². The largest absolute Gasteiger partial charge is 0.376 e. The van der Waals surface area contributed by atoms with Crippen LogP contribution < -0.4 is 10.6 Å². The lowest BCUT2D eigenvalue weighted by molar-refractivity contribution is 0.0194. The Bertz CT molecular complexity index is 451. The van der Waals surface area contributed by atoms with E-state index in [2.05, 4.69) is 27.7 Å². The van der Waals surface area contributed by atoms with Crippen molar-refractivity contribution in [3.63, 3.8) is 0 Å². The molecule has 1 atom stereocenters. The third-order valence-electron chi connectivity index (χ3n) is 3.69. The second-order valence-corrected chi connectivity index (χ2v) is 5.37. The molecule has 1 fully saturated rings. The lowest BCUT2D eigenvalue weighted by Crippen LogP contribution is -2.42. The average molecular weight is 422 g/mol. The van der Waals surface area contributed by atoms with Crippen LogP contribution in [-0.2, 0) is 11.3 Å². The number of aromatic nitrogens is 1. The number of halogens is 1. The van der Waals surface area contributed by atoms with Gasteiger partial charge < -0.3 is 19.9 Å². The van der Waals surface area contributed by atoms with E-state index in [4.69, 9.17) is 9.26 Å². The molecule has 1 aromatic heterocycles. The summed E-state index contributed by atoms with van der Waals surface area (Å²) in [6, 6.07) is 0. The first kappa shape index (κ1) is 19.2. The van der Waals surface area contributed by atoms with Crippen LogP contribution in [0.2, 0.25) is 0 Å². The number of rotatable bonds is 5. The first-order valence-electron chi connectivity index (χ1n) is 7.76. The number of nitrogens with one attached hydrogen (secondary N) is 2. The SMILES string of the molecule is CCNC(=NCc1c(C)noc1C)NCC1CCCCO1.I. The fourth-order valence-electron chi connectivity index (χ4n) is 2.41. The Hall–Kier alpha value is -0.830. The predicted molar refractivity (Wildman–Crippen MR) is 97.8 cm³/mol. The zero-order chi connectivity index (χ0) is 15.1. The van der Waals surface area contributed by atoms with Crippen molar-refractivity contribution in [1.29, 1.82) is 0 Å². The molecule has 0 amide bonds. The summed E-state index contributed by atoms with van der Waals surface area (Å²) in [5, 5.41) is 10.6. The summed E-state index contributed by atoms with van der Waals surface area (Å²) < 4.78 is 10.9. The maximum atomic E-state index is 5.72. The highest BCUT2D eigenvalue weighted by Gasteiger charge is 2.14. The first-order chi connectivity index (χ1) is 10.2. The van der Waals surface area contributed by atoms with E-state index < -0.39 is 0 Å². The Morgan fingerprint density at radius 2 is 2.14 bits per heavy atom. The highest BCUT2D eigenvalue weighted by molar-refractivity contribution is 14.0. The van der Waals surface area contributed by atoms with Crippen molar-refractivity contribution in [3.05, 3.63) is 17.0 Å². The van der Waals surface area contributed by atoms with E-state index in [1.165, 1.54) is 12.8 Å². The fraction of sp³-hybridized carbons (Fsp3) is 0.733. The second kappa shape index (κ2) is 10.0. The van der Waals surface area contributed by atoms with Crippen LogP contribution in [-0.4, -0.2) is 36.9 Å². The number of aryl methyl sites for hydroxylation is 2. The van der Waals surface area contributed by atoms with Crippen LogP contribution in [0.5, 0.6) is 0 Å². The first-order valence-corrected chi connectivity index (χ1v) is 7.76. The summed E-state index contributed by atoms with van der Waals surface area (Å²) in [5.41, 5.74) is 1.96. The van der Waals surface area contributed by atoms with E-state index in [0.29, 0.717) is 12.6 Å². The van der Waals surface area contributed by atoms with E-state index in [-0.39, 0.29) is 24.0 Å². The standard InChI is InChI=1S/C15H26N4O2.HI/c1-4-16-15(17-9-13-7-5-6-8-20-13)18-10-14-11(2)19-21-12(14)3;/h13H,4-10H2,1-3H3,(H2,16,17,18);1H. The molecular weight excluding hydrogens is 395 g/mol. The van der Waals surface area contributed by atoms with Crippen LogP contribution >= 0.6 is 24.0 Å². The van der Waals surface area contributed by atoms with Gasteiger partial charge in [0.1, 0.15) is 5.76 Å². The summed E-state index contributed by atoms with van der Waals surface area (Å²) in [6.07, 6.45) is 3.84. The van der Waals surface area contributed by atoms with Gasteiger partial charge in [-0.15, -0.1) is 24.0 Å². The second-order valence-electron chi connectivity index (χ2n) is 5.37. The molecule has 126 valence electrons. The van der Waals surface area contributed by atoms with Crippen LogP contribution in [0, 0.1) is 13.8 Å². The Labute approximate surface area is 149 Å². The third kappa shape index (κ3) is 5.75. The van der Waals surface area contributed by atoms with Gasteiger partial charge in [0.25, 0.3) is 0 Å². The molecule has 0 saturated carbocycles. The molecule has 0 aliphatic carbocycles. The number of hydrogen-bond acceptors (Lipinski definition) is 4. The van der Waals surface area contributed by atoms with Crippen LogP contribution in [0.15, 0.2) is 9.52 Å². The van der Waals surface area contributed by atoms with E-state index >= 15 is 0 Å². The van der Waals surface area contributed by atoms with Crippen LogP contribution in [0.3, 0.4) is 0 Å². The Balaban J connectivity index is 0.00000242. The minimum atomic E-state index is 0. The average Bonchev–Trinajstić information content (AvgIpc) is 2.82. The lowest BCUT2D eigenvalue weighted by Gasteiger charge is -2.23. The number of nitrogens with zero attached hydrogens (tertiary/aromatic N) is 2. The molecule has 1 aliphatic heterocycles. The molecule has 2 heterocycles. The summed E-state index contributed by atoms with van der Waals surface area (Å²) in [4.78, 5) is 4.60. The topological polar surface area (TPSA) is 71.7 Å². The predicted octanol–water partition coefficient (Wildman–Crippen LogP) is 2.53. The number of aliphatic imine (C=N–C) groups is 1. The minimum Gasteiger partial charge on any atom is -0.376 e. The maximum Gasteiger partial charge on any atom is 0.191 e. The van der Waals surface area contributed by atoms with Gasteiger partial charge in [-0.05, 0) is 40.0 Å². The van der Waals surface area contributed by atoms with Crippen molar-refractivity contribution in [2.75, 3.05) is 19.7 Å². The summed E-state index contributed by atoms with van der Waals surface area (Å²) >= 11 is 0. The molecule has 1 unspecified atom stereocenters. The molecule has 1 saturated heterocycles. The smallest absolute Gasteiger partial charge is 0.191 e. The Morgan fingerprint density at radius 3 is 2.73 bits per heavy atom. The number of guanidine groups is 1. The van der Waals surface area contributed by atoms with Crippen molar-refractivity contribution in [2.45, 2.75) is 52.7 Å². The van der Waals surface area contributed by atoms with Crippen LogP contribution in [0.4, 0.5) is 0 Å². The fourth-order valence-corrected chi connectivity index (χ4v) is 2.41. The van der Waals surface area contributed by atoms with Gasteiger partial charge in [0, 0.05) is 25.3 Å². The van der Waals surface area contributed by atoms with Gasteiger partial charge in [-0.2, -0.15) is 0 Å². The van der Waals surface area contributed by atoms with Crippen molar-refractivity contribution in [3.8, 4) is 0 Å². The highest BCUT2D eigenvalue weighted by Crippen LogP contribution is 2.13. The van der Waals surface area contributed by atoms with Crippen molar-refractivity contribution in [1.82, 2.24) is 15.8 Å². The van der Waals surface area contributed by atoms with Gasteiger partial charge in [0.2, 0.25) is 0 Å². The summed E-state index contributed by atoms with van der Waals surface area (Å²) in [7, 11) is 0. The van der Waals surface area contributed by atoms with Crippen molar-refractivity contribution in [2.24, 2.45) is 4.99 Å². The van der Waals surface area contributed by atoms with Gasteiger partial charge in [0.05, 0.1) is 18.3 Å². The molecule has 2 N–H and O–H groups in total. The summed E-state index contributed by atoms with van der Waals surface area (Å²) in [5.74, 6) is 1.65. The molecule has 1 aromatic rings. The quantitative estimate of drug-likeness (QED) is 0.434. The van der Waals surface area contributed by atoms with E-state index in [1.54, 1.807) is 0 Å². The Morgan fingerprint density at radius 1 is 1.32 bits per heavy atom. The van der Waals surface area contributed by atoms with Gasteiger partial charge in [0.15, 0.2) is 5.96 Å². The van der Waals surface area contributed by atoms with Gasteiger partial charge >= 0.3 is 0 Å². The molecule has 0 spiro atoms. The van der Waals surface area contributed by atoms with Gasteiger partial charge in [-0.25, -0.2) is 4.99 Å². The van der Waals surface area contributed by atoms with Gasteiger partial charge in [-0.3, -0.25) is 0 Å². The molecule has 6 nitrogen and oxygen atoms in total. The molecule has 1 aliphatic rings. The zero-order valence-electron chi connectivity index (χ0n) is 13.6. The van der Waals surface area contributed by atoms with E-state index in [0.717, 1.165) is 49.1 Å². The normalized spacial score (nSPS) is 18.7. The summed E-state index contributed by atoms with van der Waals surface area (Å²) in [6.45, 7) is 9.00. The van der Waals surface area contributed by atoms with Crippen molar-refractivity contribution < 1.29 is 9.26 Å². The monoisotopic (exact) mass is 422 g/mol. The molecular formula is C15H27IN4O2. The maximum absolute atomic E-state index is 5.72. The van der Waals surface area contributed by atoms with Crippen molar-refractivity contribution >= 4 is 29.9 Å². The van der Waals surface area contributed by atoms with Gasteiger partial charge in [-0.1, -0.05) is 5.16 Å². The molecule has 2 rings (SSSR count). The molecule has 0 aromatic carbocycles. The molecule has 0 radical (unpaired) electrons. The molecule has 22 heavy (non-hydrogen) atoms. The molecule has 0 bridgehead atoms. The number of ether oxygens (including phenoxy) is 1. The number of hydrogen-bond donors (Lipinski definition) is 2. The Kier molecular flexibility index (Phi) is 8.77. The molecule has 7 heteroatoms. The lowest BCUT2D eigenvalue weighted by atomic mass is 10.1. The van der Waals surface area contributed by atoms with Crippen LogP contribution in [0.25, 0.3) is 0 Å².